The standard InChI is InChI=1S/C17H19N3OS/c1-12-4-8-14(9-5-12)18-17(22)19-15-10-6-13(7-11-15)16(21)20(2)3/h4-11H,1-3H3,(H2,18,19,22). The van der Waals surface area contributed by atoms with E-state index < -0.39 is 0 Å². The second-order valence-corrected chi connectivity index (χ2v) is 5.63. The highest BCUT2D eigenvalue weighted by molar-refractivity contribution is 7.80. The Balaban J connectivity index is 1.97. The van der Waals surface area contributed by atoms with E-state index in [4.69, 9.17) is 12.2 Å². The van der Waals surface area contributed by atoms with E-state index in [1.807, 2.05) is 43.3 Å². The Hall–Kier alpha value is -2.40. The molecule has 22 heavy (non-hydrogen) atoms. The van der Waals surface area contributed by atoms with E-state index in [0.717, 1.165) is 11.4 Å². The number of hydrogen-bond acceptors (Lipinski definition) is 2. The highest BCUT2D eigenvalue weighted by Gasteiger charge is 2.07. The van der Waals surface area contributed by atoms with Gasteiger partial charge in [0.1, 0.15) is 0 Å². The quantitative estimate of drug-likeness (QED) is 0.851. The van der Waals surface area contributed by atoms with Gasteiger partial charge in [-0.15, -0.1) is 0 Å². The number of aryl methyl sites for hydroxylation is 1. The maximum absolute atomic E-state index is 11.8. The van der Waals surface area contributed by atoms with Crippen LogP contribution in [-0.4, -0.2) is 30.0 Å². The number of nitrogens with one attached hydrogen (secondary N) is 2. The first kappa shape index (κ1) is 16.0. The van der Waals surface area contributed by atoms with Crippen molar-refractivity contribution in [3.63, 3.8) is 0 Å². The van der Waals surface area contributed by atoms with Crippen LogP contribution in [0.25, 0.3) is 0 Å². The monoisotopic (exact) mass is 313 g/mol. The lowest BCUT2D eigenvalue weighted by atomic mass is 10.2. The first-order valence-electron chi connectivity index (χ1n) is 6.92. The van der Waals surface area contributed by atoms with Crippen LogP contribution in [0.3, 0.4) is 0 Å². The molecule has 0 aliphatic heterocycles. The molecule has 2 aromatic carbocycles. The molecule has 0 radical (unpaired) electrons. The lowest BCUT2D eigenvalue weighted by molar-refractivity contribution is 0.0827. The summed E-state index contributed by atoms with van der Waals surface area (Å²) in [5.41, 5.74) is 3.61. The van der Waals surface area contributed by atoms with Crippen molar-refractivity contribution in [1.29, 1.82) is 0 Å². The molecule has 5 heteroatoms. The Morgan fingerprint density at radius 2 is 1.36 bits per heavy atom. The SMILES string of the molecule is Cc1ccc(NC(=S)Nc2ccc(C(=O)N(C)C)cc2)cc1. The molecule has 0 bridgehead atoms. The minimum Gasteiger partial charge on any atom is -0.345 e. The third-order valence-electron chi connectivity index (χ3n) is 3.11. The molecule has 0 aliphatic rings. The van der Waals surface area contributed by atoms with Crippen molar-refractivity contribution in [2.45, 2.75) is 6.92 Å². The van der Waals surface area contributed by atoms with Gasteiger partial charge >= 0.3 is 0 Å². The van der Waals surface area contributed by atoms with Gasteiger partial charge < -0.3 is 15.5 Å². The lowest BCUT2D eigenvalue weighted by Crippen LogP contribution is -2.22. The van der Waals surface area contributed by atoms with Gasteiger partial charge in [-0.2, -0.15) is 0 Å². The summed E-state index contributed by atoms with van der Waals surface area (Å²) in [5, 5.41) is 6.72. The summed E-state index contributed by atoms with van der Waals surface area (Å²) < 4.78 is 0. The fraction of sp³-hybridized carbons (Fsp3) is 0.176. The number of rotatable bonds is 3. The summed E-state index contributed by atoms with van der Waals surface area (Å²) in [6.07, 6.45) is 0. The van der Waals surface area contributed by atoms with Crippen LogP contribution in [0, 0.1) is 6.92 Å². The molecule has 2 aromatic rings. The summed E-state index contributed by atoms with van der Waals surface area (Å²) in [5.74, 6) is -0.0214. The normalized spacial score (nSPS) is 9.95. The predicted molar refractivity (Wildman–Crippen MR) is 95.5 cm³/mol. The van der Waals surface area contributed by atoms with Gasteiger partial charge in [0.25, 0.3) is 5.91 Å². The van der Waals surface area contributed by atoms with E-state index in [-0.39, 0.29) is 5.91 Å². The second kappa shape index (κ2) is 7.04. The van der Waals surface area contributed by atoms with Gasteiger partial charge in [0.2, 0.25) is 0 Å². The van der Waals surface area contributed by atoms with Crippen molar-refractivity contribution < 1.29 is 4.79 Å². The number of anilines is 2. The fourth-order valence-corrected chi connectivity index (χ4v) is 2.12. The summed E-state index contributed by atoms with van der Waals surface area (Å²) >= 11 is 5.28. The fourth-order valence-electron chi connectivity index (χ4n) is 1.88. The Bertz CT molecular complexity index is 663. The molecule has 0 aliphatic carbocycles. The summed E-state index contributed by atoms with van der Waals surface area (Å²) in [6.45, 7) is 2.04. The van der Waals surface area contributed by atoms with Gasteiger partial charge in [0.05, 0.1) is 0 Å². The number of nitrogens with zero attached hydrogens (tertiary/aromatic N) is 1. The number of thiocarbonyl (C=S) groups is 1. The summed E-state index contributed by atoms with van der Waals surface area (Å²) in [7, 11) is 3.46. The van der Waals surface area contributed by atoms with Gasteiger partial charge in [-0.05, 0) is 55.5 Å². The minimum atomic E-state index is -0.0214. The van der Waals surface area contributed by atoms with Crippen molar-refractivity contribution in [3.05, 3.63) is 59.7 Å². The van der Waals surface area contributed by atoms with E-state index in [0.29, 0.717) is 10.7 Å². The average Bonchev–Trinajstić information content (AvgIpc) is 2.49. The Morgan fingerprint density at radius 1 is 0.909 bits per heavy atom. The molecule has 114 valence electrons. The molecular formula is C17H19N3OS. The zero-order valence-electron chi connectivity index (χ0n) is 12.9. The van der Waals surface area contributed by atoms with Crippen LogP contribution >= 0.6 is 12.2 Å². The van der Waals surface area contributed by atoms with E-state index in [9.17, 15) is 4.79 Å². The molecule has 0 spiro atoms. The van der Waals surface area contributed by atoms with Gasteiger partial charge in [0.15, 0.2) is 5.11 Å². The molecule has 0 aromatic heterocycles. The summed E-state index contributed by atoms with van der Waals surface area (Å²) in [6, 6.07) is 15.2. The molecule has 0 atom stereocenters. The van der Waals surface area contributed by atoms with Crippen molar-refractivity contribution in [1.82, 2.24) is 4.90 Å². The van der Waals surface area contributed by atoms with Gasteiger partial charge in [-0.3, -0.25) is 4.79 Å². The van der Waals surface area contributed by atoms with E-state index in [1.165, 1.54) is 5.56 Å². The third-order valence-corrected chi connectivity index (χ3v) is 3.31. The van der Waals surface area contributed by atoms with Gasteiger partial charge in [-0.1, -0.05) is 17.7 Å². The molecule has 0 fully saturated rings. The maximum Gasteiger partial charge on any atom is 0.253 e. The van der Waals surface area contributed by atoms with Crippen molar-refractivity contribution in [2.75, 3.05) is 24.7 Å². The topological polar surface area (TPSA) is 44.4 Å². The van der Waals surface area contributed by atoms with Crippen molar-refractivity contribution in [2.24, 2.45) is 0 Å². The van der Waals surface area contributed by atoms with Crippen LogP contribution in [0.15, 0.2) is 48.5 Å². The Kier molecular flexibility index (Phi) is 5.12. The van der Waals surface area contributed by atoms with Crippen LogP contribution in [0.1, 0.15) is 15.9 Å². The van der Waals surface area contributed by atoms with Crippen molar-refractivity contribution >= 4 is 34.6 Å². The van der Waals surface area contributed by atoms with Gasteiger partial charge in [-0.25, -0.2) is 0 Å². The number of amides is 1. The molecule has 2 N–H and O–H groups in total. The minimum absolute atomic E-state index is 0.0214. The third kappa shape index (κ3) is 4.30. The highest BCUT2D eigenvalue weighted by Crippen LogP contribution is 2.13. The first-order chi connectivity index (χ1) is 10.5. The zero-order valence-corrected chi connectivity index (χ0v) is 13.7. The molecule has 1 amide bonds. The summed E-state index contributed by atoms with van der Waals surface area (Å²) in [4.78, 5) is 13.4. The Labute approximate surface area is 136 Å². The van der Waals surface area contributed by atoms with Crippen LogP contribution in [-0.2, 0) is 0 Å². The van der Waals surface area contributed by atoms with E-state index in [2.05, 4.69) is 10.6 Å². The predicted octanol–water partition coefficient (Wildman–Crippen LogP) is 3.51. The number of carbonyl (C=O) groups is 1. The number of hydrogen-bond donors (Lipinski definition) is 2. The van der Waals surface area contributed by atoms with Crippen LogP contribution in [0.4, 0.5) is 11.4 Å². The average molecular weight is 313 g/mol. The molecule has 2 rings (SSSR count). The smallest absolute Gasteiger partial charge is 0.253 e. The molecular weight excluding hydrogens is 294 g/mol. The number of carbonyl (C=O) groups excluding carboxylic acids is 1. The zero-order chi connectivity index (χ0) is 16.1. The lowest BCUT2D eigenvalue weighted by Gasteiger charge is -2.12. The molecule has 0 saturated heterocycles. The first-order valence-corrected chi connectivity index (χ1v) is 7.33. The van der Waals surface area contributed by atoms with E-state index >= 15 is 0 Å². The molecule has 0 heterocycles. The Morgan fingerprint density at radius 3 is 1.82 bits per heavy atom. The molecule has 0 saturated carbocycles. The van der Waals surface area contributed by atoms with Crippen LogP contribution < -0.4 is 10.6 Å². The highest BCUT2D eigenvalue weighted by atomic mass is 32.1. The van der Waals surface area contributed by atoms with Crippen LogP contribution in [0.5, 0.6) is 0 Å². The molecule has 0 unspecified atom stereocenters. The van der Waals surface area contributed by atoms with Crippen LogP contribution in [0.2, 0.25) is 0 Å². The molecule has 4 nitrogen and oxygen atoms in total. The maximum atomic E-state index is 11.8. The van der Waals surface area contributed by atoms with E-state index in [1.54, 1.807) is 31.1 Å². The second-order valence-electron chi connectivity index (χ2n) is 5.22. The number of benzene rings is 2. The van der Waals surface area contributed by atoms with Gasteiger partial charge in [0, 0.05) is 31.0 Å². The van der Waals surface area contributed by atoms with Crippen molar-refractivity contribution in [3.8, 4) is 0 Å². The largest absolute Gasteiger partial charge is 0.345 e.